The molecule has 2 saturated carbocycles. The summed E-state index contributed by atoms with van der Waals surface area (Å²) >= 11 is 0. The maximum atomic E-state index is 13.4. The minimum absolute atomic E-state index is 0.139. The fourth-order valence-corrected chi connectivity index (χ4v) is 7.09. The van der Waals surface area contributed by atoms with E-state index in [-0.39, 0.29) is 12.8 Å². The molecule has 4 rings (SSSR count). The molecule has 10 heteroatoms. The van der Waals surface area contributed by atoms with Crippen LogP contribution in [0.3, 0.4) is 0 Å². The van der Waals surface area contributed by atoms with Crippen LogP contribution >= 0.6 is 0 Å². The number of fused-ring (bicyclic) bond motifs is 1. The van der Waals surface area contributed by atoms with Gasteiger partial charge in [0.05, 0.1) is 17.3 Å². The third kappa shape index (κ3) is 4.37. The van der Waals surface area contributed by atoms with Crippen LogP contribution in [0.2, 0.25) is 0 Å². The molecule has 3 aliphatic rings. The minimum Gasteiger partial charge on any atom is -0.465 e. The number of rotatable bonds is 6. The molecule has 0 aromatic heterocycles. The van der Waals surface area contributed by atoms with Crippen molar-refractivity contribution in [3.8, 4) is 0 Å². The smallest absolute Gasteiger partial charge is 0.338 e. The predicted octanol–water partition coefficient (Wildman–Crippen LogP) is 2.59. The summed E-state index contributed by atoms with van der Waals surface area (Å²) in [6, 6.07) is 8.39. The maximum absolute atomic E-state index is 13.4. The van der Waals surface area contributed by atoms with Crippen LogP contribution in [0.5, 0.6) is 0 Å². The number of esters is 4. The Balaban J connectivity index is 1.97. The van der Waals surface area contributed by atoms with Crippen molar-refractivity contribution in [3.05, 3.63) is 35.9 Å². The Kier molecular flexibility index (Phi) is 7.35. The molecule has 1 unspecified atom stereocenters. The highest BCUT2D eigenvalue weighted by molar-refractivity contribution is 5.89. The van der Waals surface area contributed by atoms with E-state index in [1.165, 1.54) is 20.8 Å². The van der Waals surface area contributed by atoms with Gasteiger partial charge in [-0.2, -0.15) is 0 Å². The van der Waals surface area contributed by atoms with E-state index < -0.39 is 83.4 Å². The number of ether oxygens (including phenoxy) is 5. The molecule has 1 heterocycles. The predicted molar refractivity (Wildman–Crippen MR) is 132 cm³/mol. The van der Waals surface area contributed by atoms with Gasteiger partial charge in [-0.1, -0.05) is 25.1 Å². The standard InChI is InChI=1S/C28H36O10/c1-15-12-21(32)24(36-18(4)31)27(14-34-16(2)29)22(37-25(33)19-10-8-7-9-11-19)13-20-23(35-17(3)30)28(15,27)38-26(20,5)6/h7-11,15,20-24,32H,12-14H2,1-6H3/t15-,20-,21+,22+,23?,24+,27-,28-/m1/s1. The zero-order valence-corrected chi connectivity index (χ0v) is 22.6. The van der Waals surface area contributed by atoms with Crippen LogP contribution in [0.4, 0.5) is 0 Å². The van der Waals surface area contributed by atoms with E-state index in [2.05, 4.69) is 0 Å². The van der Waals surface area contributed by atoms with Crippen LogP contribution in [0.15, 0.2) is 30.3 Å². The first-order valence-electron chi connectivity index (χ1n) is 12.9. The fraction of sp³-hybridized carbons (Fsp3) is 0.643. The average Bonchev–Trinajstić information content (AvgIpc) is 2.98. The Bertz CT molecular complexity index is 1100. The molecule has 3 fully saturated rings. The van der Waals surface area contributed by atoms with E-state index in [0.29, 0.717) is 5.56 Å². The van der Waals surface area contributed by atoms with Gasteiger partial charge in [-0.25, -0.2) is 4.79 Å². The van der Waals surface area contributed by atoms with Gasteiger partial charge >= 0.3 is 23.9 Å². The lowest BCUT2D eigenvalue weighted by atomic mass is 9.48. The number of aliphatic hydroxyl groups excluding tert-OH is 1. The Morgan fingerprint density at radius 3 is 2.11 bits per heavy atom. The first kappa shape index (κ1) is 28.0. The molecule has 2 aliphatic carbocycles. The summed E-state index contributed by atoms with van der Waals surface area (Å²) in [6.07, 6.45) is -4.09. The zero-order valence-electron chi connectivity index (χ0n) is 22.6. The molecular weight excluding hydrogens is 496 g/mol. The van der Waals surface area contributed by atoms with Gasteiger partial charge in [0.1, 0.15) is 35.9 Å². The van der Waals surface area contributed by atoms with Gasteiger partial charge in [0.15, 0.2) is 0 Å². The molecule has 1 aliphatic heterocycles. The molecule has 10 nitrogen and oxygen atoms in total. The molecule has 1 aromatic rings. The lowest BCUT2D eigenvalue weighted by Crippen LogP contribution is -2.78. The molecule has 2 bridgehead atoms. The number of carbonyl (C=O) groups excluding carboxylic acids is 4. The first-order valence-corrected chi connectivity index (χ1v) is 12.9. The Hall–Kier alpha value is -2.98. The Morgan fingerprint density at radius 2 is 1.53 bits per heavy atom. The molecule has 8 atom stereocenters. The lowest BCUT2D eigenvalue weighted by molar-refractivity contribution is -0.318. The third-order valence-corrected chi connectivity index (χ3v) is 8.43. The van der Waals surface area contributed by atoms with E-state index in [4.69, 9.17) is 23.7 Å². The van der Waals surface area contributed by atoms with E-state index >= 15 is 0 Å². The van der Waals surface area contributed by atoms with E-state index in [9.17, 15) is 24.3 Å². The Morgan fingerprint density at radius 1 is 0.921 bits per heavy atom. The quantitative estimate of drug-likeness (QED) is 0.430. The van der Waals surface area contributed by atoms with Crippen LogP contribution < -0.4 is 0 Å². The first-order chi connectivity index (χ1) is 17.8. The maximum Gasteiger partial charge on any atom is 0.338 e. The number of benzene rings is 1. The van der Waals surface area contributed by atoms with Crippen LogP contribution in [0.1, 0.15) is 64.7 Å². The highest BCUT2D eigenvalue weighted by Crippen LogP contribution is 2.67. The molecule has 0 radical (unpaired) electrons. The molecule has 208 valence electrons. The van der Waals surface area contributed by atoms with Crippen molar-refractivity contribution in [2.45, 2.75) is 90.0 Å². The van der Waals surface area contributed by atoms with Gasteiger partial charge < -0.3 is 28.8 Å². The van der Waals surface area contributed by atoms with Crippen molar-refractivity contribution in [1.29, 1.82) is 0 Å². The largest absolute Gasteiger partial charge is 0.465 e. The second-order valence-corrected chi connectivity index (χ2v) is 11.2. The van der Waals surface area contributed by atoms with Gasteiger partial charge in [-0.15, -0.1) is 0 Å². The molecule has 1 aromatic carbocycles. The molecule has 38 heavy (non-hydrogen) atoms. The number of carbonyl (C=O) groups is 4. The van der Waals surface area contributed by atoms with Gasteiger partial charge in [0, 0.05) is 26.7 Å². The number of aliphatic hydroxyl groups is 1. The van der Waals surface area contributed by atoms with Gasteiger partial charge in [0.25, 0.3) is 0 Å². The van der Waals surface area contributed by atoms with Crippen molar-refractivity contribution in [2.75, 3.05) is 6.61 Å². The van der Waals surface area contributed by atoms with Crippen LogP contribution in [0, 0.1) is 17.3 Å². The van der Waals surface area contributed by atoms with Crippen LogP contribution in [0.25, 0.3) is 0 Å². The normalized spacial score (nSPS) is 36.9. The summed E-state index contributed by atoms with van der Waals surface area (Å²) in [4.78, 5) is 50.3. The third-order valence-electron chi connectivity index (χ3n) is 8.43. The summed E-state index contributed by atoms with van der Waals surface area (Å²) in [5.41, 5.74) is -3.60. The fourth-order valence-electron chi connectivity index (χ4n) is 7.09. The van der Waals surface area contributed by atoms with E-state index in [1.54, 1.807) is 30.3 Å². The van der Waals surface area contributed by atoms with Gasteiger partial charge in [-0.05, 0) is 44.7 Å². The molecule has 1 N–H and O–H groups in total. The van der Waals surface area contributed by atoms with Crippen molar-refractivity contribution in [2.24, 2.45) is 17.3 Å². The van der Waals surface area contributed by atoms with E-state index in [1.807, 2.05) is 20.8 Å². The van der Waals surface area contributed by atoms with Crippen molar-refractivity contribution >= 4 is 23.9 Å². The van der Waals surface area contributed by atoms with Crippen molar-refractivity contribution in [1.82, 2.24) is 0 Å². The van der Waals surface area contributed by atoms with Crippen LogP contribution in [-0.4, -0.2) is 71.2 Å². The molecule has 1 saturated heterocycles. The van der Waals surface area contributed by atoms with Crippen molar-refractivity contribution < 1.29 is 48.0 Å². The zero-order chi connectivity index (χ0) is 28.0. The van der Waals surface area contributed by atoms with Crippen molar-refractivity contribution in [3.63, 3.8) is 0 Å². The van der Waals surface area contributed by atoms with Gasteiger partial charge in [0.2, 0.25) is 0 Å². The average molecular weight is 533 g/mol. The Labute approximate surface area is 221 Å². The number of hydrogen-bond donors (Lipinski definition) is 1. The molecule has 0 amide bonds. The monoisotopic (exact) mass is 532 g/mol. The van der Waals surface area contributed by atoms with Crippen LogP contribution in [-0.2, 0) is 38.1 Å². The molecular formula is C28H36O10. The highest BCUT2D eigenvalue weighted by atomic mass is 16.6. The summed E-state index contributed by atoms with van der Waals surface area (Å²) in [6.45, 7) is 8.88. The summed E-state index contributed by atoms with van der Waals surface area (Å²) < 4.78 is 30.3. The lowest BCUT2D eigenvalue weighted by Gasteiger charge is -2.63. The second kappa shape index (κ2) is 9.96. The van der Waals surface area contributed by atoms with Gasteiger partial charge in [-0.3, -0.25) is 14.4 Å². The summed E-state index contributed by atoms with van der Waals surface area (Å²) in [7, 11) is 0. The SMILES string of the molecule is CC(=O)OC[C@]12[C@@H](OC(=O)c3ccccc3)C[C@@H]3C(OC(C)=O)[C@]1(OC3(C)C)[C@H](C)C[C@H](O)[C@@H]2OC(C)=O. The second-order valence-electron chi connectivity index (χ2n) is 11.2. The van der Waals surface area contributed by atoms with E-state index in [0.717, 1.165) is 0 Å². The summed E-state index contributed by atoms with van der Waals surface area (Å²) in [5.74, 6) is -3.37. The summed E-state index contributed by atoms with van der Waals surface area (Å²) in [5, 5.41) is 11.3. The highest BCUT2D eigenvalue weighted by Gasteiger charge is 2.82. The molecule has 1 spiro atoms. The number of hydrogen-bond acceptors (Lipinski definition) is 10. The topological polar surface area (TPSA) is 135 Å². The minimum atomic E-state index is -1.60.